The molecule has 5 nitrogen and oxygen atoms in total. The smallest absolute Gasteiger partial charge is 0.310 e. The van der Waals surface area contributed by atoms with Crippen LogP contribution in [-0.2, 0) is 9.59 Å². The SMILES string of the molecule is CCC1(C(=O)O)CCCN(CCC(N)=O)C1. The number of carboxylic acids is 1. The highest BCUT2D eigenvalue weighted by molar-refractivity contribution is 5.75. The van der Waals surface area contributed by atoms with Gasteiger partial charge in [0.2, 0.25) is 5.91 Å². The Morgan fingerprint density at radius 3 is 2.69 bits per heavy atom. The molecule has 0 aromatic rings. The zero-order valence-corrected chi connectivity index (χ0v) is 9.74. The molecule has 16 heavy (non-hydrogen) atoms. The van der Waals surface area contributed by atoms with Gasteiger partial charge in [-0.15, -0.1) is 0 Å². The lowest BCUT2D eigenvalue weighted by Crippen LogP contribution is -2.48. The molecule has 1 rings (SSSR count). The van der Waals surface area contributed by atoms with Crippen molar-refractivity contribution in [2.45, 2.75) is 32.6 Å². The molecule has 1 amide bonds. The lowest BCUT2D eigenvalue weighted by Gasteiger charge is -2.39. The molecular weight excluding hydrogens is 208 g/mol. The monoisotopic (exact) mass is 228 g/mol. The number of likely N-dealkylation sites (tertiary alicyclic amines) is 1. The largest absolute Gasteiger partial charge is 0.481 e. The summed E-state index contributed by atoms with van der Waals surface area (Å²) < 4.78 is 0. The van der Waals surface area contributed by atoms with Gasteiger partial charge in [0, 0.05) is 19.5 Å². The topological polar surface area (TPSA) is 83.6 Å². The second-order valence-corrected chi connectivity index (χ2v) is 4.54. The highest BCUT2D eigenvalue weighted by atomic mass is 16.4. The molecule has 5 heteroatoms. The average molecular weight is 228 g/mol. The van der Waals surface area contributed by atoms with Crippen molar-refractivity contribution in [2.24, 2.45) is 11.1 Å². The van der Waals surface area contributed by atoms with Crippen LogP contribution in [0.1, 0.15) is 32.6 Å². The van der Waals surface area contributed by atoms with E-state index in [0.717, 1.165) is 19.4 Å². The number of aliphatic carboxylic acids is 1. The van der Waals surface area contributed by atoms with Gasteiger partial charge < -0.3 is 15.7 Å². The number of primary amides is 1. The third-order valence-electron chi connectivity index (χ3n) is 3.46. The number of nitrogens with two attached hydrogens (primary N) is 1. The normalized spacial score (nSPS) is 26.6. The fourth-order valence-electron chi connectivity index (χ4n) is 2.30. The molecule has 0 bridgehead atoms. The van der Waals surface area contributed by atoms with E-state index in [1.165, 1.54) is 0 Å². The lowest BCUT2D eigenvalue weighted by atomic mass is 9.77. The number of amides is 1. The Hall–Kier alpha value is -1.10. The summed E-state index contributed by atoms with van der Waals surface area (Å²) in [5.74, 6) is -1.05. The Kier molecular flexibility index (Phi) is 4.29. The van der Waals surface area contributed by atoms with Gasteiger partial charge in [0.25, 0.3) is 0 Å². The molecule has 1 heterocycles. The molecule has 1 atom stereocenters. The number of carbonyl (C=O) groups excluding carboxylic acids is 1. The summed E-state index contributed by atoms with van der Waals surface area (Å²) in [7, 11) is 0. The molecule has 0 saturated carbocycles. The van der Waals surface area contributed by atoms with E-state index < -0.39 is 11.4 Å². The second-order valence-electron chi connectivity index (χ2n) is 4.54. The van der Waals surface area contributed by atoms with Crippen LogP contribution in [0.25, 0.3) is 0 Å². The fraction of sp³-hybridized carbons (Fsp3) is 0.818. The van der Waals surface area contributed by atoms with Gasteiger partial charge in [-0.25, -0.2) is 0 Å². The minimum absolute atomic E-state index is 0.305. The Morgan fingerprint density at radius 1 is 1.50 bits per heavy atom. The first-order valence-corrected chi connectivity index (χ1v) is 5.74. The van der Waals surface area contributed by atoms with Crippen molar-refractivity contribution in [3.8, 4) is 0 Å². The van der Waals surface area contributed by atoms with E-state index in [1.54, 1.807) is 0 Å². The van der Waals surface area contributed by atoms with Gasteiger partial charge in [-0.1, -0.05) is 6.92 Å². The molecule has 1 fully saturated rings. The van der Waals surface area contributed by atoms with Crippen molar-refractivity contribution < 1.29 is 14.7 Å². The summed E-state index contributed by atoms with van der Waals surface area (Å²) >= 11 is 0. The Bertz CT molecular complexity index is 280. The zero-order chi connectivity index (χ0) is 12.2. The van der Waals surface area contributed by atoms with Crippen LogP contribution >= 0.6 is 0 Å². The Labute approximate surface area is 95.6 Å². The number of piperidine rings is 1. The number of nitrogens with zero attached hydrogens (tertiary/aromatic N) is 1. The van der Waals surface area contributed by atoms with Crippen LogP contribution in [-0.4, -0.2) is 41.5 Å². The summed E-state index contributed by atoms with van der Waals surface area (Å²) in [5.41, 5.74) is 4.46. The standard InChI is InChI=1S/C11H20N2O3/c1-2-11(10(15)16)5-3-6-13(8-11)7-4-9(12)14/h2-8H2,1H3,(H2,12,14)(H,15,16). The van der Waals surface area contributed by atoms with Crippen molar-refractivity contribution in [3.63, 3.8) is 0 Å². The van der Waals surface area contributed by atoms with E-state index in [9.17, 15) is 14.7 Å². The van der Waals surface area contributed by atoms with Crippen molar-refractivity contribution >= 4 is 11.9 Å². The molecule has 1 aliphatic rings. The Morgan fingerprint density at radius 2 is 2.19 bits per heavy atom. The maximum atomic E-state index is 11.3. The lowest BCUT2D eigenvalue weighted by molar-refractivity contribution is -0.152. The van der Waals surface area contributed by atoms with Gasteiger partial charge in [-0.3, -0.25) is 9.59 Å². The van der Waals surface area contributed by atoms with Crippen LogP contribution in [0.2, 0.25) is 0 Å². The summed E-state index contributed by atoms with van der Waals surface area (Å²) in [6, 6.07) is 0. The first-order chi connectivity index (χ1) is 7.50. The van der Waals surface area contributed by atoms with Crippen LogP contribution in [0, 0.1) is 5.41 Å². The van der Waals surface area contributed by atoms with Gasteiger partial charge in [0.15, 0.2) is 0 Å². The fourth-order valence-corrected chi connectivity index (χ4v) is 2.30. The average Bonchev–Trinajstić information content (AvgIpc) is 2.26. The number of hydrogen-bond acceptors (Lipinski definition) is 3. The van der Waals surface area contributed by atoms with Crippen molar-refractivity contribution in [1.29, 1.82) is 0 Å². The molecule has 0 aromatic carbocycles. The Balaban J connectivity index is 2.57. The second kappa shape index (κ2) is 5.30. The first kappa shape index (κ1) is 13.0. The summed E-state index contributed by atoms with van der Waals surface area (Å²) in [6.07, 6.45) is 2.54. The van der Waals surface area contributed by atoms with Gasteiger partial charge >= 0.3 is 5.97 Å². The van der Waals surface area contributed by atoms with Gasteiger partial charge in [-0.05, 0) is 25.8 Å². The highest BCUT2D eigenvalue weighted by Crippen LogP contribution is 2.33. The molecule has 0 aliphatic carbocycles. The number of carboxylic acid groups (broad SMARTS) is 1. The van der Waals surface area contributed by atoms with Crippen molar-refractivity contribution in [3.05, 3.63) is 0 Å². The van der Waals surface area contributed by atoms with Crippen LogP contribution in [0.3, 0.4) is 0 Å². The number of hydrogen-bond donors (Lipinski definition) is 2. The molecule has 1 saturated heterocycles. The third kappa shape index (κ3) is 2.95. The third-order valence-corrected chi connectivity index (χ3v) is 3.46. The molecule has 3 N–H and O–H groups in total. The minimum Gasteiger partial charge on any atom is -0.481 e. The van der Waals surface area contributed by atoms with Gasteiger partial charge in [0.05, 0.1) is 5.41 Å². The van der Waals surface area contributed by atoms with Crippen LogP contribution in [0.5, 0.6) is 0 Å². The summed E-state index contributed by atoms with van der Waals surface area (Å²) in [6.45, 7) is 3.88. The highest BCUT2D eigenvalue weighted by Gasteiger charge is 2.40. The van der Waals surface area contributed by atoms with E-state index in [2.05, 4.69) is 0 Å². The molecule has 0 radical (unpaired) electrons. The van der Waals surface area contributed by atoms with Crippen LogP contribution in [0.15, 0.2) is 0 Å². The minimum atomic E-state index is -0.723. The molecule has 1 aliphatic heterocycles. The molecule has 92 valence electrons. The molecule has 0 aromatic heterocycles. The van der Waals surface area contributed by atoms with Crippen molar-refractivity contribution in [2.75, 3.05) is 19.6 Å². The van der Waals surface area contributed by atoms with E-state index in [4.69, 9.17) is 5.73 Å². The van der Waals surface area contributed by atoms with Crippen LogP contribution < -0.4 is 5.73 Å². The van der Waals surface area contributed by atoms with Crippen LogP contribution in [0.4, 0.5) is 0 Å². The van der Waals surface area contributed by atoms with E-state index in [1.807, 2.05) is 11.8 Å². The van der Waals surface area contributed by atoms with E-state index >= 15 is 0 Å². The number of rotatable bonds is 5. The molecule has 1 unspecified atom stereocenters. The first-order valence-electron chi connectivity index (χ1n) is 5.74. The maximum Gasteiger partial charge on any atom is 0.310 e. The van der Waals surface area contributed by atoms with E-state index in [0.29, 0.717) is 25.9 Å². The van der Waals surface area contributed by atoms with Crippen molar-refractivity contribution in [1.82, 2.24) is 4.90 Å². The predicted octanol–water partition coefficient (Wildman–Crippen LogP) is 0.439. The quantitative estimate of drug-likeness (QED) is 0.715. The van der Waals surface area contributed by atoms with E-state index in [-0.39, 0.29) is 5.91 Å². The number of carbonyl (C=O) groups is 2. The predicted molar refractivity (Wildman–Crippen MR) is 59.8 cm³/mol. The zero-order valence-electron chi connectivity index (χ0n) is 9.74. The molecule has 0 spiro atoms. The van der Waals surface area contributed by atoms with Gasteiger partial charge in [-0.2, -0.15) is 0 Å². The summed E-state index contributed by atoms with van der Waals surface area (Å²) in [5, 5.41) is 9.27. The molecular formula is C11H20N2O3. The maximum absolute atomic E-state index is 11.3. The summed E-state index contributed by atoms with van der Waals surface area (Å²) in [4.78, 5) is 24.0. The van der Waals surface area contributed by atoms with Gasteiger partial charge in [0.1, 0.15) is 0 Å².